The smallest absolute Gasteiger partial charge is 0.357 e. The molecule has 1 saturated heterocycles. The van der Waals surface area contributed by atoms with Crippen molar-refractivity contribution in [1.29, 1.82) is 0 Å². The van der Waals surface area contributed by atoms with E-state index in [2.05, 4.69) is 14.6 Å². The number of nitrogens with zero attached hydrogens (tertiary/aromatic N) is 2. The fraction of sp³-hybridized carbons (Fsp3) is 0.600. The zero-order chi connectivity index (χ0) is 11.5. The molecule has 0 N–H and O–H groups in total. The average Bonchev–Trinajstić information content (AvgIpc) is 2.95. The maximum Gasteiger partial charge on any atom is 0.357 e. The number of thiazole rings is 1. The first-order chi connectivity index (χ1) is 7.74. The number of anilines is 1. The van der Waals surface area contributed by atoms with Crippen molar-refractivity contribution in [1.82, 2.24) is 4.98 Å². The molecule has 16 heavy (non-hydrogen) atoms. The molecule has 0 saturated carbocycles. The van der Waals surface area contributed by atoms with Gasteiger partial charge in [0.05, 0.1) is 13.2 Å². The van der Waals surface area contributed by atoms with Gasteiger partial charge in [0.25, 0.3) is 0 Å². The summed E-state index contributed by atoms with van der Waals surface area (Å²) < 4.78 is 9.90. The minimum absolute atomic E-state index is 0.269. The SMILES string of the molecule is COC(=O)c1csc(N2CC[C@H](OC)C2)n1. The zero-order valence-corrected chi connectivity index (χ0v) is 10.1. The standard InChI is InChI=1S/C10H14N2O3S/c1-14-7-3-4-12(5-7)10-11-8(6-16-10)9(13)15-2/h6-7H,3-5H2,1-2H3/t7-/m0/s1. The molecule has 0 radical (unpaired) electrons. The molecule has 1 aromatic rings. The molecule has 5 nitrogen and oxygen atoms in total. The Morgan fingerprint density at radius 2 is 2.44 bits per heavy atom. The molecule has 1 aromatic heterocycles. The van der Waals surface area contributed by atoms with Gasteiger partial charge in [-0.1, -0.05) is 0 Å². The molecule has 1 atom stereocenters. The van der Waals surface area contributed by atoms with E-state index in [0.29, 0.717) is 5.69 Å². The highest BCUT2D eigenvalue weighted by atomic mass is 32.1. The largest absolute Gasteiger partial charge is 0.464 e. The summed E-state index contributed by atoms with van der Waals surface area (Å²) in [5.74, 6) is -0.384. The highest BCUT2D eigenvalue weighted by Crippen LogP contribution is 2.25. The first-order valence-corrected chi connectivity index (χ1v) is 5.94. The molecule has 0 aromatic carbocycles. The maximum absolute atomic E-state index is 11.2. The maximum atomic E-state index is 11.2. The molecule has 88 valence electrons. The molecular formula is C10H14N2O3S. The Labute approximate surface area is 98.0 Å². The van der Waals surface area contributed by atoms with Gasteiger partial charge in [-0.15, -0.1) is 11.3 Å². The van der Waals surface area contributed by atoms with Gasteiger partial charge in [0.2, 0.25) is 0 Å². The molecule has 2 rings (SSSR count). The lowest BCUT2D eigenvalue weighted by Crippen LogP contribution is -2.22. The van der Waals surface area contributed by atoms with Crippen LogP contribution in [-0.2, 0) is 9.47 Å². The fourth-order valence-corrected chi connectivity index (χ4v) is 2.53. The summed E-state index contributed by atoms with van der Waals surface area (Å²) in [6.07, 6.45) is 1.27. The van der Waals surface area contributed by atoms with Gasteiger partial charge < -0.3 is 14.4 Å². The first kappa shape index (κ1) is 11.3. The zero-order valence-electron chi connectivity index (χ0n) is 9.30. The van der Waals surface area contributed by atoms with Gasteiger partial charge in [0.1, 0.15) is 0 Å². The third-order valence-corrected chi connectivity index (χ3v) is 3.54. The van der Waals surface area contributed by atoms with Crippen LogP contribution in [0.3, 0.4) is 0 Å². The van der Waals surface area contributed by atoms with Crippen LogP contribution in [0.5, 0.6) is 0 Å². The highest BCUT2D eigenvalue weighted by Gasteiger charge is 2.25. The van der Waals surface area contributed by atoms with Crippen molar-refractivity contribution < 1.29 is 14.3 Å². The highest BCUT2D eigenvalue weighted by molar-refractivity contribution is 7.13. The van der Waals surface area contributed by atoms with Gasteiger partial charge in [-0.25, -0.2) is 9.78 Å². The number of esters is 1. The molecule has 0 spiro atoms. The second-order valence-corrected chi connectivity index (χ2v) is 4.44. The van der Waals surface area contributed by atoms with Gasteiger partial charge in [0, 0.05) is 25.6 Å². The lowest BCUT2D eigenvalue weighted by molar-refractivity contribution is 0.0595. The predicted octanol–water partition coefficient (Wildman–Crippen LogP) is 1.15. The summed E-state index contributed by atoms with van der Waals surface area (Å²) in [5.41, 5.74) is 0.378. The third-order valence-electron chi connectivity index (χ3n) is 2.64. The molecule has 0 bridgehead atoms. The number of hydrogen-bond acceptors (Lipinski definition) is 6. The summed E-state index contributed by atoms with van der Waals surface area (Å²) in [5, 5.41) is 2.58. The van der Waals surface area contributed by atoms with Gasteiger partial charge in [-0.3, -0.25) is 0 Å². The minimum atomic E-state index is -0.384. The Morgan fingerprint density at radius 1 is 1.62 bits per heavy atom. The number of carbonyl (C=O) groups is 1. The van der Waals surface area contributed by atoms with E-state index in [-0.39, 0.29) is 12.1 Å². The minimum Gasteiger partial charge on any atom is -0.464 e. The molecule has 0 amide bonds. The lowest BCUT2D eigenvalue weighted by Gasteiger charge is -2.13. The van der Waals surface area contributed by atoms with Crippen LogP contribution >= 0.6 is 11.3 Å². The fourth-order valence-electron chi connectivity index (χ4n) is 1.70. The van der Waals surface area contributed by atoms with Crippen LogP contribution in [0.25, 0.3) is 0 Å². The molecule has 1 aliphatic rings. The molecule has 6 heteroatoms. The van der Waals surface area contributed by atoms with Crippen LogP contribution < -0.4 is 4.90 Å². The topological polar surface area (TPSA) is 51.7 Å². The number of carbonyl (C=O) groups excluding carboxylic acids is 1. The molecule has 0 aliphatic carbocycles. The van der Waals surface area contributed by atoms with Crippen LogP contribution in [-0.4, -0.2) is 44.4 Å². The monoisotopic (exact) mass is 242 g/mol. The van der Waals surface area contributed by atoms with E-state index in [1.165, 1.54) is 18.4 Å². The third kappa shape index (κ3) is 2.17. The Hall–Kier alpha value is -1.14. The Balaban J connectivity index is 2.05. The van der Waals surface area contributed by atoms with Crippen LogP contribution in [0.15, 0.2) is 5.38 Å². The summed E-state index contributed by atoms with van der Waals surface area (Å²) in [6, 6.07) is 0. The van der Waals surface area contributed by atoms with E-state index >= 15 is 0 Å². The van der Waals surface area contributed by atoms with E-state index in [9.17, 15) is 4.79 Å². The van der Waals surface area contributed by atoms with Crippen molar-refractivity contribution in [2.75, 3.05) is 32.2 Å². The van der Waals surface area contributed by atoms with E-state index in [4.69, 9.17) is 4.74 Å². The number of rotatable bonds is 3. The van der Waals surface area contributed by atoms with Crippen molar-refractivity contribution in [2.24, 2.45) is 0 Å². The first-order valence-electron chi connectivity index (χ1n) is 5.06. The molecular weight excluding hydrogens is 228 g/mol. The Bertz CT molecular complexity index is 380. The van der Waals surface area contributed by atoms with Crippen LogP contribution in [0.4, 0.5) is 5.13 Å². The van der Waals surface area contributed by atoms with Crippen molar-refractivity contribution in [3.05, 3.63) is 11.1 Å². The Kier molecular flexibility index (Phi) is 3.40. The molecule has 0 unspecified atom stereocenters. The van der Waals surface area contributed by atoms with E-state index in [1.54, 1.807) is 12.5 Å². The Morgan fingerprint density at radius 3 is 3.06 bits per heavy atom. The number of hydrogen-bond donors (Lipinski definition) is 0. The molecule has 1 fully saturated rings. The number of ether oxygens (including phenoxy) is 2. The second-order valence-electron chi connectivity index (χ2n) is 3.60. The van der Waals surface area contributed by atoms with Crippen molar-refractivity contribution in [3.8, 4) is 0 Å². The van der Waals surface area contributed by atoms with Crippen LogP contribution in [0.2, 0.25) is 0 Å². The van der Waals surface area contributed by atoms with Crippen LogP contribution in [0, 0.1) is 0 Å². The van der Waals surface area contributed by atoms with Crippen molar-refractivity contribution in [2.45, 2.75) is 12.5 Å². The predicted molar refractivity (Wildman–Crippen MR) is 61.1 cm³/mol. The van der Waals surface area contributed by atoms with Crippen molar-refractivity contribution >= 4 is 22.4 Å². The second kappa shape index (κ2) is 4.80. The van der Waals surface area contributed by atoms with Gasteiger partial charge in [0.15, 0.2) is 10.8 Å². The quantitative estimate of drug-likeness (QED) is 0.744. The van der Waals surface area contributed by atoms with Gasteiger partial charge in [-0.05, 0) is 6.42 Å². The number of aromatic nitrogens is 1. The summed E-state index contributed by atoms with van der Waals surface area (Å²) >= 11 is 1.46. The van der Waals surface area contributed by atoms with E-state index < -0.39 is 0 Å². The van der Waals surface area contributed by atoms with Crippen LogP contribution in [0.1, 0.15) is 16.9 Å². The summed E-state index contributed by atoms with van der Waals surface area (Å²) in [6.45, 7) is 1.76. The van der Waals surface area contributed by atoms with Gasteiger partial charge in [-0.2, -0.15) is 0 Å². The summed E-state index contributed by atoms with van der Waals surface area (Å²) in [7, 11) is 3.08. The van der Waals surface area contributed by atoms with Gasteiger partial charge >= 0.3 is 5.97 Å². The normalized spacial score (nSPS) is 20.1. The lowest BCUT2D eigenvalue weighted by atomic mass is 10.3. The number of methoxy groups -OCH3 is 2. The summed E-state index contributed by atoms with van der Waals surface area (Å²) in [4.78, 5) is 17.6. The molecule has 1 aliphatic heterocycles. The van der Waals surface area contributed by atoms with E-state index in [0.717, 1.165) is 24.6 Å². The van der Waals surface area contributed by atoms with E-state index in [1.807, 2.05) is 0 Å². The van der Waals surface area contributed by atoms with Crippen molar-refractivity contribution in [3.63, 3.8) is 0 Å². The average molecular weight is 242 g/mol. The molecule has 2 heterocycles.